The molecule has 0 fully saturated rings. The van der Waals surface area contributed by atoms with Crippen molar-refractivity contribution in [2.45, 2.75) is 19.2 Å². The molecule has 1 aromatic heterocycles. The van der Waals surface area contributed by atoms with Crippen molar-refractivity contribution in [3.63, 3.8) is 0 Å². The van der Waals surface area contributed by atoms with Crippen LogP contribution in [0.2, 0.25) is 0 Å². The number of ether oxygens (including phenoxy) is 1. The molecule has 0 saturated carbocycles. The van der Waals surface area contributed by atoms with E-state index in [1.165, 1.54) is 0 Å². The normalized spacial score (nSPS) is 16.0. The lowest BCUT2D eigenvalue weighted by molar-refractivity contribution is 0.0588. The van der Waals surface area contributed by atoms with Crippen LogP contribution in [0.25, 0.3) is 10.8 Å². The summed E-state index contributed by atoms with van der Waals surface area (Å²) in [6.45, 7) is 3.51. The van der Waals surface area contributed by atoms with E-state index in [0.717, 1.165) is 42.0 Å². The lowest BCUT2D eigenvalue weighted by atomic mass is 10.1. The largest absolute Gasteiger partial charge is 0.490 e. The van der Waals surface area contributed by atoms with Gasteiger partial charge in [0.1, 0.15) is 24.3 Å². The molecule has 3 aromatic rings. The molecule has 24 heavy (non-hydrogen) atoms. The van der Waals surface area contributed by atoms with Crippen LogP contribution in [0.15, 0.2) is 54.9 Å². The van der Waals surface area contributed by atoms with E-state index < -0.39 is 6.10 Å². The maximum absolute atomic E-state index is 10.3. The zero-order chi connectivity index (χ0) is 16.4. The predicted octanol–water partition coefficient (Wildman–Crippen LogP) is 2.29. The summed E-state index contributed by atoms with van der Waals surface area (Å²) in [6, 6.07) is 14.1. The summed E-state index contributed by atoms with van der Waals surface area (Å²) in [5.74, 6) is 1.88. The minimum atomic E-state index is -0.523. The van der Waals surface area contributed by atoms with Gasteiger partial charge in [-0.05, 0) is 11.5 Å². The number of benzene rings is 2. The maximum Gasteiger partial charge on any atom is 0.127 e. The Kier molecular flexibility index (Phi) is 4.19. The molecule has 124 valence electrons. The van der Waals surface area contributed by atoms with Gasteiger partial charge in [0, 0.05) is 37.4 Å². The Hall–Kier alpha value is -2.37. The first-order chi connectivity index (χ1) is 11.8. The van der Waals surface area contributed by atoms with Gasteiger partial charge >= 0.3 is 0 Å². The Morgan fingerprint density at radius 2 is 2.00 bits per heavy atom. The number of aromatic nitrogens is 2. The van der Waals surface area contributed by atoms with Gasteiger partial charge in [0.2, 0.25) is 0 Å². The third-order valence-electron chi connectivity index (χ3n) is 4.47. The molecule has 0 radical (unpaired) electrons. The molecule has 5 heteroatoms. The van der Waals surface area contributed by atoms with Gasteiger partial charge in [-0.25, -0.2) is 4.98 Å². The molecule has 1 atom stereocenters. The summed E-state index contributed by atoms with van der Waals surface area (Å²) >= 11 is 0. The number of rotatable bonds is 5. The van der Waals surface area contributed by atoms with Crippen LogP contribution in [0, 0.1) is 0 Å². The molecular weight excluding hydrogens is 302 g/mol. The van der Waals surface area contributed by atoms with Crippen LogP contribution in [0.5, 0.6) is 5.75 Å². The van der Waals surface area contributed by atoms with Gasteiger partial charge in [0.15, 0.2) is 0 Å². The Morgan fingerprint density at radius 1 is 1.12 bits per heavy atom. The van der Waals surface area contributed by atoms with Gasteiger partial charge in [-0.1, -0.05) is 36.4 Å². The van der Waals surface area contributed by atoms with Gasteiger partial charge in [-0.2, -0.15) is 0 Å². The van der Waals surface area contributed by atoms with Crippen molar-refractivity contribution in [2.24, 2.45) is 0 Å². The van der Waals surface area contributed by atoms with E-state index in [-0.39, 0.29) is 0 Å². The average Bonchev–Trinajstić information content (AvgIpc) is 3.07. The topological polar surface area (TPSA) is 50.5 Å². The molecule has 1 aliphatic rings. The first-order valence-electron chi connectivity index (χ1n) is 8.30. The number of imidazole rings is 1. The molecule has 2 heterocycles. The van der Waals surface area contributed by atoms with Crippen LogP contribution in [-0.2, 0) is 13.1 Å². The van der Waals surface area contributed by atoms with Crippen LogP contribution in [0.4, 0.5) is 0 Å². The van der Waals surface area contributed by atoms with Crippen molar-refractivity contribution in [2.75, 3.05) is 19.7 Å². The number of fused-ring (bicyclic) bond motifs is 2. The Bertz CT molecular complexity index is 825. The second-order valence-electron chi connectivity index (χ2n) is 6.21. The number of nitrogens with zero attached hydrogens (tertiary/aromatic N) is 3. The third kappa shape index (κ3) is 3.13. The fraction of sp³-hybridized carbons (Fsp3) is 0.316. The zero-order valence-electron chi connectivity index (χ0n) is 13.5. The molecule has 0 spiro atoms. The van der Waals surface area contributed by atoms with Gasteiger partial charge in [0.25, 0.3) is 0 Å². The minimum Gasteiger partial charge on any atom is -0.490 e. The molecule has 0 aliphatic carbocycles. The first-order valence-corrected chi connectivity index (χ1v) is 8.30. The Morgan fingerprint density at radius 3 is 2.96 bits per heavy atom. The summed E-state index contributed by atoms with van der Waals surface area (Å²) in [4.78, 5) is 6.57. The summed E-state index contributed by atoms with van der Waals surface area (Å²) in [6.07, 6.45) is 3.32. The fourth-order valence-electron chi connectivity index (χ4n) is 3.24. The molecule has 5 nitrogen and oxygen atoms in total. The molecule has 0 amide bonds. The van der Waals surface area contributed by atoms with Gasteiger partial charge in [-0.3, -0.25) is 4.90 Å². The number of hydrogen-bond acceptors (Lipinski definition) is 4. The van der Waals surface area contributed by atoms with E-state index >= 15 is 0 Å². The Labute approximate surface area is 141 Å². The third-order valence-corrected chi connectivity index (χ3v) is 4.47. The summed E-state index contributed by atoms with van der Waals surface area (Å²) in [5.41, 5.74) is 0. The van der Waals surface area contributed by atoms with Crippen molar-refractivity contribution in [3.05, 3.63) is 60.7 Å². The summed E-state index contributed by atoms with van der Waals surface area (Å²) in [5, 5.41) is 12.6. The average molecular weight is 323 g/mol. The fourth-order valence-corrected chi connectivity index (χ4v) is 3.24. The van der Waals surface area contributed by atoms with Crippen LogP contribution < -0.4 is 4.74 Å². The van der Waals surface area contributed by atoms with Crippen molar-refractivity contribution in [3.8, 4) is 5.75 Å². The van der Waals surface area contributed by atoms with Crippen molar-refractivity contribution < 1.29 is 9.84 Å². The quantitative estimate of drug-likeness (QED) is 0.783. The molecule has 1 aliphatic heterocycles. The number of hydrogen-bond donors (Lipinski definition) is 1. The SMILES string of the molecule is OC(COc1cccc2ccccc12)CN1CCn2ccnc2C1. The molecule has 1 N–H and O–H groups in total. The van der Waals surface area contributed by atoms with E-state index in [9.17, 15) is 5.11 Å². The second kappa shape index (κ2) is 6.63. The zero-order valence-corrected chi connectivity index (χ0v) is 13.5. The molecular formula is C19H21N3O2. The van der Waals surface area contributed by atoms with Gasteiger partial charge in [-0.15, -0.1) is 0 Å². The molecule has 1 unspecified atom stereocenters. The minimum absolute atomic E-state index is 0.291. The highest BCUT2D eigenvalue weighted by molar-refractivity contribution is 5.88. The molecule has 2 aromatic carbocycles. The second-order valence-corrected chi connectivity index (χ2v) is 6.21. The van der Waals surface area contributed by atoms with Crippen LogP contribution in [0.3, 0.4) is 0 Å². The van der Waals surface area contributed by atoms with E-state index in [1.807, 2.05) is 42.7 Å². The van der Waals surface area contributed by atoms with E-state index in [4.69, 9.17) is 4.74 Å². The molecule has 4 rings (SSSR count). The van der Waals surface area contributed by atoms with E-state index in [1.54, 1.807) is 0 Å². The highest BCUT2D eigenvalue weighted by atomic mass is 16.5. The standard InChI is InChI=1S/C19H21N3O2/c23-16(12-21-10-11-22-9-8-20-19(22)13-21)14-24-18-7-3-5-15-4-1-2-6-17(15)18/h1-9,16,23H,10-14H2. The van der Waals surface area contributed by atoms with E-state index in [0.29, 0.717) is 13.2 Å². The lowest BCUT2D eigenvalue weighted by Gasteiger charge is -2.29. The highest BCUT2D eigenvalue weighted by Gasteiger charge is 2.19. The highest BCUT2D eigenvalue weighted by Crippen LogP contribution is 2.25. The van der Waals surface area contributed by atoms with Crippen LogP contribution in [-0.4, -0.2) is 45.4 Å². The van der Waals surface area contributed by atoms with Crippen molar-refractivity contribution in [1.82, 2.24) is 14.5 Å². The maximum atomic E-state index is 10.3. The monoisotopic (exact) mass is 323 g/mol. The number of aliphatic hydroxyl groups is 1. The Balaban J connectivity index is 1.36. The number of aliphatic hydroxyl groups excluding tert-OH is 1. The predicted molar refractivity (Wildman–Crippen MR) is 93.0 cm³/mol. The smallest absolute Gasteiger partial charge is 0.127 e. The van der Waals surface area contributed by atoms with Crippen LogP contribution >= 0.6 is 0 Å². The van der Waals surface area contributed by atoms with Crippen molar-refractivity contribution in [1.29, 1.82) is 0 Å². The molecule has 0 bridgehead atoms. The summed E-state index contributed by atoms with van der Waals surface area (Å²) < 4.78 is 8.04. The lowest BCUT2D eigenvalue weighted by Crippen LogP contribution is -2.40. The van der Waals surface area contributed by atoms with Gasteiger partial charge in [0.05, 0.1) is 6.54 Å². The van der Waals surface area contributed by atoms with Gasteiger partial charge < -0.3 is 14.4 Å². The van der Waals surface area contributed by atoms with Crippen LogP contribution in [0.1, 0.15) is 5.82 Å². The number of β-amino-alcohol motifs (C(OH)–C–C–N with tert-alkyl or cyclic N) is 1. The first kappa shape index (κ1) is 15.2. The van der Waals surface area contributed by atoms with E-state index in [2.05, 4.69) is 26.6 Å². The van der Waals surface area contributed by atoms with Crippen molar-refractivity contribution >= 4 is 10.8 Å². The molecule has 0 saturated heterocycles. The summed E-state index contributed by atoms with van der Waals surface area (Å²) in [7, 11) is 0.